The van der Waals surface area contributed by atoms with Crippen LogP contribution in [-0.2, 0) is 10.0 Å². The fourth-order valence-corrected chi connectivity index (χ4v) is 5.93. The topological polar surface area (TPSA) is 40.6 Å². The summed E-state index contributed by atoms with van der Waals surface area (Å²) < 4.78 is 28.5. The molecule has 0 radical (unpaired) electrons. The molecule has 0 aromatic heterocycles. The number of benzene rings is 1. The molecule has 142 valence electrons. The van der Waals surface area contributed by atoms with Crippen molar-refractivity contribution in [1.82, 2.24) is 9.21 Å². The van der Waals surface area contributed by atoms with Gasteiger partial charge >= 0.3 is 0 Å². The first-order valence-electron chi connectivity index (χ1n) is 9.29. The number of rotatable bonds is 4. The third-order valence-corrected chi connectivity index (χ3v) is 8.50. The Kier molecular flexibility index (Phi) is 6.02. The highest BCUT2D eigenvalue weighted by molar-refractivity contribution is 7.89. The highest BCUT2D eigenvalue weighted by Gasteiger charge is 2.34. The zero-order valence-corrected chi connectivity index (χ0v) is 17.9. The minimum atomic E-state index is -3.48. The van der Waals surface area contributed by atoms with Crippen molar-refractivity contribution in [3.05, 3.63) is 27.8 Å². The van der Waals surface area contributed by atoms with E-state index in [0.717, 1.165) is 48.2 Å². The molecule has 2 rings (SSSR count). The number of hydrogen-bond acceptors (Lipinski definition) is 3. The lowest BCUT2D eigenvalue weighted by atomic mass is 9.95. The van der Waals surface area contributed by atoms with Crippen LogP contribution in [0.1, 0.15) is 54.5 Å². The van der Waals surface area contributed by atoms with Crippen molar-refractivity contribution in [2.75, 3.05) is 20.1 Å². The van der Waals surface area contributed by atoms with Gasteiger partial charge in [-0.25, -0.2) is 8.42 Å². The fourth-order valence-electron chi connectivity index (χ4n) is 3.96. The number of nitrogens with zero attached hydrogens (tertiary/aromatic N) is 2. The van der Waals surface area contributed by atoms with Crippen molar-refractivity contribution in [3.63, 3.8) is 0 Å². The summed E-state index contributed by atoms with van der Waals surface area (Å²) in [5, 5.41) is 0. The molecule has 0 spiro atoms. The van der Waals surface area contributed by atoms with Crippen LogP contribution < -0.4 is 0 Å². The molecule has 0 saturated carbocycles. The normalized spacial score (nSPS) is 17.7. The molecule has 1 heterocycles. The summed E-state index contributed by atoms with van der Waals surface area (Å²) in [6.45, 7) is 16.3. The van der Waals surface area contributed by atoms with Crippen LogP contribution in [0.2, 0.25) is 0 Å². The minimum absolute atomic E-state index is 0.0840. The van der Waals surface area contributed by atoms with Crippen LogP contribution in [0.15, 0.2) is 4.90 Å². The van der Waals surface area contributed by atoms with E-state index in [-0.39, 0.29) is 6.04 Å². The number of piperidine rings is 1. The van der Waals surface area contributed by atoms with E-state index in [1.54, 1.807) is 11.4 Å². The Bertz CT molecular complexity index is 716. The fraction of sp³-hybridized carbons (Fsp3) is 0.700. The molecule has 5 heteroatoms. The lowest BCUT2D eigenvalue weighted by molar-refractivity contribution is 0.140. The average molecular weight is 367 g/mol. The molecular weight excluding hydrogens is 332 g/mol. The summed E-state index contributed by atoms with van der Waals surface area (Å²) in [5.74, 6) is 0. The second kappa shape index (κ2) is 7.37. The van der Waals surface area contributed by atoms with Crippen LogP contribution in [0.4, 0.5) is 0 Å². The maximum Gasteiger partial charge on any atom is 0.243 e. The van der Waals surface area contributed by atoms with E-state index in [1.807, 2.05) is 27.7 Å². The van der Waals surface area contributed by atoms with Gasteiger partial charge in [0.1, 0.15) is 0 Å². The van der Waals surface area contributed by atoms with Gasteiger partial charge in [-0.15, -0.1) is 0 Å². The van der Waals surface area contributed by atoms with Crippen molar-refractivity contribution in [3.8, 4) is 0 Å². The van der Waals surface area contributed by atoms with Gasteiger partial charge in [-0.1, -0.05) is 0 Å². The van der Waals surface area contributed by atoms with Gasteiger partial charge in [-0.3, -0.25) is 0 Å². The summed E-state index contributed by atoms with van der Waals surface area (Å²) in [6.07, 6.45) is 1.80. The molecule has 25 heavy (non-hydrogen) atoms. The smallest absolute Gasteiger partial charge is 0.243 e. The predicted molar refractivity (Wildman–Crippen MR) is 105 cm³/mol. The van der Waals surface area contributed by atoms with Crippen LogP contribution >= 0.6 is 0 Å². The molecule has 1 aliphatic heterocycles. The molecule has 0 aliphatic carbocycles. The molecule has 0 unspecified atom stereocenters. The molecule has 1 fully saturated rings. The lowest BCUT2D eigenvalue weighted by Crippen LogP contribution is -2.47. The van der Waals surface area contributed by atoms with Crippen LogP contribution in [0.5, 0.6) is 0 Å². The van der Waals surface area contributed by atoms with Gasteiger partial charge in [-0.2, -0.15) is 4.31 Å². The monoisotopic (exact) mass is 366 g/mol. The molecule has 0 N–H and O–H groups in total. The Labute approximate surface area is 154 Å². The molecular formula is C20H34N2O2S. The van der Waals surface area contributed by atoms with Crippen LogP contribution in [0.25, 0.3) is 0 Å². The van der Waals surface area contributed by atoms with E-state index in [1.165, 1.54) is 5.56 Å². The minimum Gasteiger partial charge on any atom is -0.301 e. The molecule has 1 aliphatic rings. The van der Waals surface area contributed by atoms with Gasteiger partial charge in [0.2, 0.25) is 10.0 Å². The van der Waals surface area contributed by atoms with Crippen molar-refractivity contribution in [2.45, 2.75) is 78.3 Å². The van der Waals surface area contributed by atoms with Gasteiger partial charge in [0.05, 0.1) is 4.90 Å². The molecule has 0 atom stereocenters. The van der Waals surface area contributed by atoms with Crippen molar-refractivity contribution in [1.29, 1.82) is 0 Å². The quantitative estimate of drug-likeness (QED) is 0.815. The van der Waals surface area contributed by atoms with Gasteiger partial charge in [0, 0.05) is 19.1 Å². The van der Waals surface area contributed by atoms with Crippen molar-refractivity contribution < 1.29 is 8.42 Å². The summed E-state index contributed by atoms with van der Waals surface area (Å²) in [6, 6.07) is 0.607. The van der Waals surface area contributed by atoms with Crippen LogP contribution in [-0.4, -0.2) is 49.8 Å². The van der Waals surface area contributed by atoms with E-state index in [0.29, 0.717) is 10.9 Å². The first-order valence-corrected chi connectivity index (χ1v) is 10.7. The summed E-state index contributed by atoms with van der Waals surface area (Å²) in [7, 11) is -1.73. The summed E-state index contributed by atoms with van der Waals surface area (Å²) in [4.78, 5) is 2.94. The number of sulfonamides is 1. The molecule has 1 aromatic rings. The Balaban J connectivity index is 2.37. The first-order chi connectivity index (χ1) is 11.5. The van der Waals surface area contributed by atoms with Crippen LogP contribution in [0, 0.1) is 34.6 Å². The SMILES string of the molecule is Cc1c(C)c(C)c(S(=O)(=O)N(C)C2CCN(C(C)C)CC2)c(C)c1C. The van der Waals surface area contributed by atoms with Crippen LogP contribution in [0.3, 0.4) is 0 Å². The molecule has 0 bridgehead atoms. The van der Waals surface area contributed by atoms with Gasteiger partial charge in [-0.05, 0) is 102 Å². The Morgan fingerprint density at radius 3 is 1.68 bits per heavy atom. The van der Waals surface area contributed by atoms with E-state index in [2.05, 4.69) is 25.7 Å². The average Bonchev–Trinajstić information content (AvgIpc) is 2.57. The van der Waals surface area contributed by atoms with Crippen molar-refractivity contribution >= 4 is 10.0 Å². The predicted octanol–water partition coefficient (Wildman–Crippen LogP) is 3.72. The lowest BCUT2D eigenvalue weighted by Gasteiger charge is -2.38. The zero-order valence-electron chi connectivity index (χ0n) is 17.1. The Hall–Kier alpha value is -0.910. The van der Waals surface area contributed by atoms with Crippen molar-refractivity contribution in [2.24, 2.45) is 0 Å². The van der Waals surface area contributed by atoms with Gasteiger partial charge in [0.25, 0.3) is 0 Å². The largest absolute Gasteiger partial charge is 0.301 e. The number of likely N-dealkylation sites (tertiary alicyclic amines) is 1. The van der Waals surface area contributed by atoms with E-state index in [9.17, 15) is 8.42 Å². The number of hydrogen-bond donors (Lipinski definition) is 0. The van der Waals surface area contributed by atoms with E-state index >= 15 is 0 Å². The highest BCUT2D eigenvalue weighted by Crippen LogP contribution is 2.33. The zero-order chi connectivity index (χ0) is 19.1. The van der Waals surface area contributed by atoms with E-state index in [4.69, 9.17) is 0 Å². The molecule has 0 amide bonds. The summed E-state index contributed by atoms with van der Waals surface area (Å²) >= 11 is 0. The van der Waals surface area contributed by atoms with Gasteiger partial charge < -0.3 is 4.90 Å². The standard InChI is InChI=1S/C20H34N2O2S/c1-13(2)22-11-9-19(10-12-22)21(8)25(23,24)20-17(6)15(4)14(3)16(5)18(20)7/h13,19H,9-12H2,1-8H3. The van der Waals surface area contributed by atoms with E-state index < -0.39 is 10.0 Å². The second-order valence-corrected chi connectivity index (χ2v) is 9.77. The highest BCUT2D eigenvalue weighted by atomic mass is 32.2. The third-order valence-electron chi connectivity index (χ3n) is 6.31. The molecule has 4 nitrogen and oxygen atoms in total. The maximum atomic E-state index is 13.4. The maximum absolute atomic E-state index is 13.4. The first kappa shape index (κ1) is 20.4. The summed E-state index contributed by atoms with van der Waals surface area (Å²) in [5.41, 5.74) is 5.16. The van der Waals surface area contributed by atoms with Gasteiger partial charge in [0.15, 0.2) is 0 Å². The third kappa shape index (κ3) is 3.64. The Morgan fingerprint density at radius 1 is 0.880 bits per heavy atom. The second-order valence-electron chi connectivity index (χ2n) is 7.84. The Morgan fingerprint density at radius 2 is 1.28 bits per heavy atom. The molecule has 1 saturated heterocycles. The molecule has 1 aromatic carbocycles.